The van der Waals surface area contributed by atoms with Gasteiger partial charge in [-0.3, -0.25) is 0 Å². The summed E-state index contributed by atoms with van der Waals surface area (Å²) < 4.78 is 0. The summed E-state index contributed by atoms with van der Waals surface area (Å²) in [5, 5.41) is 0. The van der Waals surface area contributed by atoms with E-state index in [2.05, 4.69) is 248 Å². The molecule has 4 aromatic rings. The van der Waals surface area contributed by atoms with E-state index in [1.165, 1.54) is 55.8 Å². The van der Waals surface area contributed by atoms with E-state index in [1.807, 2.05) is 59.8 Å². The van der Waals surface area contributed by atoms with E-state index < -0.39 is 0 Å². The van der Waals surface area contributed by atoms with Crippen LogP contribution in [0, 0.1) is 5.92 Å². The fourth-order valence-corrected chi connectivity index (χ4v) is 7.76. The maximum atomic E-state index is 4.48. The Balaban J connectivity index is 0.00000291. The molecule has 0 spiro atoms. The van der Waals surface area contributed by atoms with Gasteiger partial charge in [-0.05, 0) is 145 Å². The third kappa shape index (κ3) is 19.9. The number of hydrogen-bond donors (Lipinski definition) is 1. The number of allylic oxidation sites excluding steroid dienone is 21. The molecule has 0 bridgehead atoms. The average molecular weight is 951 g/mol. The van der Waals surface area contributed by atoms with Crippen LogP contribution in [-0.4, -0.2) is 6.26 Å². The molecule has 2 heteroatoms. The largest absolute Gasteiger partial charge is 0.314 e. The highest BCUT2D eigenvalue weighted by molar-refractivity contribution is 7.79. The summed E-state index contributed by atoms with van der Waals surface area (Å²) in [7, 11) is 0. The number of benzene rings is 4. The Morgan fingerprint density at radius 2 is 1.21 bits per heavy atom. The Kier molecular flexibility index (Phi) is 33.1. The van der Waals surface area contributed by atoms with Gasteiger partial charge in [-0.1, -0.05) is 238 Å². The molecule has 1 nitrogen and oxygen atoms in total. The number of anilines is 2. The zero-order valence-corrected chi connectivity index (χ0v) is 45.9. The quantitative estimate of drug-likeness (QED) is 0.0525. The maximum absolute atomic E-state index is 4.48. The maximum Gasteiger partial charge on any atom is 0.0458 e. The first-order valence-corrected chi connectivity index (χ1v) is 26.5. The Labute approximate surface area is 434 Å². The van der Waals surface area contributed by atoms with Crippen molar-refractivity contribution in [1.29, 1.82) is 0 Å². The molecule has 5 rings (SSSR count). The molecule has 0 aliphatic heterocycles. The topological polar surface area (TPSA) is 3.24 Å². The highest BCUT2D eigenvalue weighted by Gasteiger charge is 2.16. The van der Waals surface area contributed by atoms with Crippen LogP contribution < -0.4 is 4.90 Å². The van der Waals surface area contributed by atoms with Crippen LogP contribution in [0.1, 0.15) is 124 Å². The summed E-state index contributed by atoms with van der Waals surface area (Å²) in [6.07, 6.45) is 41.5. The van der Waals surface area contributed by atoms with Gasteiger partial charge in [0, 0.05) is 29.4 Å². The zero-order chi connectivity index (χ0) is 52.1. The van der Waals surface area contributed by atoms with Crippen LogP contribution in [0.4, 0.5) is 11.4 Å². The molecule has 0 N–H and O–H groups in total. The second kappa shape index (κ2) is 37.5. The Morgan fingerprint density at radius 1 is 0.671 bits per heavy atom. The molecular weight excluding hydrogens is 863 g/mol. The smallest absolute Gasteiger partial charge is 0.0458 e. The summed E-state index contributed by atoms with van der Waals surface area (Å²) in [6.45, 7) is 36.9. The van der Waals surface area contributed by atoms with Gasteiger partial charge < -0.3 is 4.90 Å². The SMILES string of the molecule is C=CC/C=C(\C=C)C1C=CC(C(=C)/C=C\C/C(=C\C)N(c2ccc(Cc3ccc(/C(C=C)=C/C=C\CC)cc3)cc2)c2ccc(-c3ccc(C(/C=C\C)=C/C)cc3)cc2)=CCC1.CC.CC.CC.CS. The van der Waals surface area contributed by atoms with Gasteiger partial charge in [-0.15, -0.1) is 6.58 Å². The molecule has 0 amide bonds. The van der Waals surface area contributed by atoms with Gasteiger partial charge in [0.05, 0.1) is 0 Å². The van der Waals surface area contributed by atoms with E-state index in [0.29, 0.717) is 5.92 Å². The monoisotopic (exact) mass is 950 g/mol. The molecule has 0 saturated heterocycles. The van der Waals surface area contributed by atoms with Crippen molar-refractivity contribution < 1.29 is 0 Å². The van der Waals surface area contributed by atoms with Gasteiger partial charge in [-0.2, -0.15) is 12.6 Å². The minimum Gasteiger partial charge on any atom is -0.314 e. The lowest BCUT2D eigenvalue weighted by Gasteiger charge is -2.28. The molecule has 0 fully saturated rings. The fraction of sp³-hybridized carbons (Fsp3) is 0.265. The molecule has 1 unspecified atom stereocenters. The molecule has 0 saturated carbocycles. The summed E-state index contributed by atoms with van der Waals surface area (Å²) >= 11 is 3.53. The molecule has 0 heterocycles. The van der Waals surface area contributed by atoms with E-state index in [9.17, 15) is 0 Å². The standard InChI is InChI=1S/C61H65N.3C2H6.CH4S/c1-9-16-18-24-52(14-6)55-32-28-48(29-33-55)46-49-30-42-60(43-31-49)62(61-44-40-58(41-45-61)57-38-36-56(37-39-57)50(12-4)21-11-3)59(15-7)27-19-22-47(8)53-25-20-26-54(35-34-53)51(13-5)23-17-10-2;4*1-2/h10-16,18-19,21-25,28-45,54H,2,5-6,8-9,17,20,26-27,46H2,1,3-4,7H3;3*1-2H3;2H,1H3/b18-16-,21-11-,22-19-,50-12+,51-23+,52-24+,59-15+;;;;. The van der Waals surface area contributed by atoms with E-state index in [1.54, 1.807) is 6.26 Å². The lowest BCUT2D eigenvalue weighted by molar-refractivity contribution is 0.700. The number of thiol groups is 1. The third-order valence-electron chi connectivity index (χ3n) is 11.3. The van der Waals surface area contributed by atoms with Crippen LogP contribution in [-0.2, 0) is 6.42 Å². The summed E-state index contributed by atoms with van der Waals surface area (Å²) in [5.74, 6) is 0.346. The molecule has 1 atom stereocenters. The zero-order valence-electron chi connectivity index (χ0n) is 45.0. The van der Waals surface area contributed by atoms with Crippen LogP contribution in [0.25, 0.3) is 22.3 Å². The van der Waals surface area contributed by atoms with Crippen molar-refractivity contribution in [2.45, 2.75) is 108 Å². The molecule has 370 valence electrons. The third-order valence-corrected chi connectivity index (χ3v) is 11.3. The first-order chi connectivity index (χ1) is 34.3. The van der Waals surface area contributed by atoms with E-state index in [-0.39, 0.29) is 0 Å². The lowest BCUT2D eigenvalue weighted by atomic mass is 9.93. The van der Waals surface area contributed by atoms with E-state index >= 15 is 0 Å². The molecular formula is C68H87NS. The normalized spacial score (nSPS) is 13.8. The van der Waals surface area contributed by atoms with Gasteiger partial charge in [0.15, 0.2) is 0 Å². The van der Waals surface area contributed by atoms with Gasteiger partial charge in [0.1, 0.15) is 0 Å². The highest BCUT2D eigenvalue weighted by atomic mass is 32.1. The second-order valence-corrected chi connectivity index (χ2v) is 15.5. The van der Waals surface area contributed by atoms with Crippen LogP contribution in [0.15, 0.2) is 243 Å². The van der Waals surface area contributed by atoms with E-state index in [4.69, 9.17) is 0 Å². The second-order valence-electron chi connectivity index (χ2n) is 15.5. The Bertz CT molecular complexity index is 2420. The predicted molar refractivity (Wildman–Crippen MR) is 324 cm³/mol. The first kappa shape index (κ1) is 61.7. The van der Waals surface area contributed by atoms with Crippen LogP contribution in [0.5, 0.6) is 0 Å². The summed E-state index contributed by atoms with van der Waals surface area (Å²) in [6, 6.07) is 35.7. The Morgan fingerprint density at radius 3 is 1.73 bits per heavy atom. The number of rotatable bonds is 20. The summed E-state index contributed by atoms with van der Waals surface area (Å²) in [4.78, 5) is 2.38. The van der Waals surface area contributed by atoms with Crippen molar-refractivity contribution in [3.63, 3.8) is 0 Å². The van der Waals surface area contributed by atoms with Crippen LogP contribution in [0.3, 0.4) is 0 Å². The number of hydrogen-bond acceptors (Lipinski definition) is 2. The van der Waals surface area contributed by atoms with Gasteiger partial charge >= 0.3 is 0 Å². The summed E-state index contributed by atoms with van der Waals surface area (Å²) in [5.41, 5.74) is 16.5. The van der Waals surface area contributed by atoms with E-state index in [0.717, 1.165) is 61.0 Å². The first-order valence-electron chi connectivity index (χ1n) is 25.6. The minimum absolute atomic E-state index is 0.346. The molecule has 1 aliphatic carbocycles. The Hall–Kier alpha value is -6.35. The lowest BCUT2D eigenvalue weighted by Crippen LogP contribution is -2.16. The molecule has 1 aliphatic rings. The van der Waals surface area contributed by atoms with Crippen molar-refractivity contribution in [3.8, 4) is 11.1 Å². The molecule has 0 radical (unpaired) electrons. The van der Waals surface area contributed by atoms with Crippen LogP contribution >= 0.6 is 12.6 Å². The number of nitrogens with zero attached hydrogens (tertiary/aromatic N) is 1. The van der Waals surface area contributed by atoms with Crippen molar-refractivity contribution in [2.75, 3.05) is 11.2 Å². The van der Waals surface area contributed by atoms with Crippen LogP contribution in [0.2, 0.25) is 0 Å². The van der Waals surface area contributed by atoms with Crippen molar-refractivity contribution in [2.24, 2.45) is 5.92 Å². The van der Waals surface area contributed by atoms with Crippen molar-refractivity contribution in [1.82, 2.24) is 0 Å². The van der Waals surface area contributed by atoms with Crippen molar-refractivity contribution >= 4 is 35.1 Å². The van der Waals surface area contributed by atoms with Gasteiger partial charge in [0.2, 0.25) is 0 Å². The average Bonchev–Trinajstić information content (AvgIpc) is 3.69. The predicted octanol–water partition coefficient (Wildman–Crippen LogP) is 21.2. The minimum atomic E-state index is 0.346. The molecule has 70 heavy (non-hydrogen) atoms. The fourth-order valence-electron chi connectivity index (χ4n) is 7.76. The van der Waals surface area contributed by atoms with Crippen molar-refractivity contribution in [3.05, 3.63) is 265 Å². The van der Waals surface area contributed by atoms with Gasteiger partial charge in [0.25, 0.3) is 0 Å². The van der Waals surface area contributed by atoms with Gasteiger partial charge in [-0.25, -0.2) is 0 Å². The molecule has 0 aromatic heterocycles. The molecule has 4 aromatic carbocycles. The highest BCUT2D eigenvalue weighted by Crippen LogP contribution is 2.35.